The Morgan fingerprint density at radius 2 is 2.06 bits per heavy atom. The van der Waals surface area contributed by atoms with E-state index in [0.29, 0.717) is 5.01 Å². The molecule has 1 aromatic carbocycles. The minimum atomic E-state index is 0.0599. The molecule has 0 spiro atoms. The van der Waals surface area contributed by atoms with E-state index >= 15 is 0 Å². The molecule has 18 heavy (non-hydrogen) atoms. The normalized spacial score (nSPS) is 15.9. The molecule has 1 aliphatic carbocycles. The van der Waals surface area contributed by atoms with Gasteiger partial charge in [-0.25, -0.2) is 4.98 Å². The predicted octanol–water partition coefficient (Wildman–Crippen LogP) is 3.85. The predicted molar refractivity (Wildman–Crippen MR) is 74.3 cm³/mol. The number of Topliss-reactive ketones (excluding diaryl/α,β-unsaturated/α-hetero) is 1. The molecule has 0 radical (unpaired) electrons. The summed E-state index contributed by atoms with van der Waals surface area (Å²) in [7, 11) is 0. The number of carbonyl (C=O) groups is 1. The van der Waals surface area contributed by atoms with Crippen molar-refractivity contribution >= 4 is 17.1 Å². The Hall–Kier alpha value is -1.48. The van der Waals surface area contributed by atoms with Crippen molar-refractivity contribution in [2.75, 3.05) is 0 Å². The van der Waals surface area contributed by atoms with Gasteiger partial charge in [-0.2, -0.15) is 0 Å². The fraction of sp³-hybridized carbons (Fsp3) is 0.333. The molecular weight excluding hydrogens is 242 g/mol. The van der Waals surface area contributed by atoms with Crippen molar-refractivity contribution in [3.8, 4) is 11.3 Å². The number of benzene rings is 1. The number of rotatable bonds is 1. The van der Waals surface area contributed by atoms with Crippen molar-refractivity contribution in [3.63, 3.8) is 0 Å². The van der Waals surface area contributed by atoms with Crippen molar-refractivity contribution in [1.29, 1.82) is 0 Å². The zero-order valence-electron chi connectivity index (χ0n) is 10.8. The average Bonchev–Trinajstić information content (AvgIpc) is 2.72. The van der Waals surface area contributed by atoms with Crippen LogP contribution in [0.2, 0.25) is 0 Å². The van der Waals surface area contributed by atoms with Gasteiger partial charge < -0.3 is 0 Å². The second-order valence-corrected chi connectivity index (χ2v) is 6.54. The van der Waals surface area contributed by atoms with E-state index in [1.807, 2.05) is 6.07 Å². The molecule has 0 atom stereocenters. The van der Waals surface area contributed by atoms with Crippen LogP contribution >= 0.6 is 11.3 Å². The molecule has 0 unspecified atom stereocenters. The third-order valence-corrected chi connectivity index (χ3v) is 4.67. The number of hydrogen-bond donors (Lipinski definition) is 0. The molecule has 0 fully saturated rings. The van der Waals surface area contributed by atoms with Crippen LogP contribution in [0.1, 0.15) is 41.0 Å². The second kappa shape index (κ2) is 3.75. The van der Waals surface area contributed by atoms with E-state index in [1.54, 1.807) is 18.3 Å². The maximum Gasteiger partial charge on any atom is 0.188 e. The van der Waals surface area contributed by atoms with E-state index in [-0.39, 0.29) is 11.2 Å². The third kappa shape index (κ3) is 1.62. The first kappa shape index (κ1) is 11.6. The van der Waals surface area contributed by atoms with Gasteiger partial charge in [0.2, 0.25) is 0 Å². The summed E-state index contributed by atoms with van der Waals surface area (Å²) in [5.41, 5.74) is 3.65. The maximum atomic E-state index is 11.5. The summed E-state index contributed by atoms with van der Waals surface area (Å²) in [6.45, 7) is 6.09. The Balaban J connectivity index is 2.26. The highest BCUT2D eigenvalue weighted by molar-refractivity contribution is 7.14. The van der Waals surface area contributed by atoms with Gasteiger partial charge in [-0.15, -0.1) is 11.3 Å². The van der Waals surface area contributed by atoms with E-state index in [1.165, 1.54) is 16.0 Å². The summed E-state index contributed by atoms with van der Waals surface area (Å²) < 4.78 is 0. The third-order valence-electron chi connectivity index (χ3n) is 3.51. The van der Waals surface area contributed by atoms with Crippen LogP contribution in [0.4, 0.5) is 0 Å². The molecule has 2 nitrogen and oxygen atoms in total. The van der Waals surface area contributed by atoms with Crippen LogP contribution in [0, 0.1) is 0 Å². The largest absolute Gasteiger partial charge is 0.292 e. The average molecular weight is 257 g/mol. The van der Waals surface area contributed by atoms with Gasteiger partial charge in [0.25, 0.3) is 0 Å². The second-order valence-electron chi connectivity index (χ2n) is 5.45. The van der Waals surface area contributed by atoms with Crippen molar-refractivity contribution < 1.29 is 4.79 Å². The maximum absolute atomic E-state index is 11.5. The van der Waals surface area contributed by atoms with Crippen LogP contribution in [0.15, 0.2) is 24.3 Å². The highest BCUT2D eigenvalue weighted by atomic mass is 32.1. The van der Waals surface area contributed by atoms with Crippen molar-refractivity contribution in [1.82, 2.24) is 4.98 Å². The fourth-order valence-electron chi connectivity index (χ4n) is 2.61. The van der Waals surface area contributed by atoms with Gasteiger partial charge in [-0.3, -0.25) is 4.79 Å². The molecule has 3 rings (SSSR count). The Labute approximate surface area is 111 Å². The molecule has 1 heterocycles. The van der Waals surface area contributed by atoms with E-state index in [4.69, 9.17) is 0 Å². The number of thiazole rings is 1. The lowest BCUT2D eigenvalue weighted by molar-refractivity contribution is 0.101. The first-order valence-electron chi connectivity index (χ1n) is 6.09. The molecule has 0 saturated carbocycles. The summed E-state index contributed by atoms with van der Waals surface area (Å²) >= 11 is 1.55. The van der Waals surface area contributed by atoms with Crippen LogP contribution in [0.5, 0.6) is 0 Å². The van der Waals surface area contributed by atoms with Crippen LogP contribution in [0.25, 0.3) is 11.3 Å². The summed E-state index contributed by atoms with van der Waals surface area (Å²) in [5, 5.41) is 0.632. The van der Waals surface area contributed by atoms with Crippen LogP contribution in [-0.4, -0.2) is 10.8 Å². The van der Waals surface area contributed by atoms with E-state index < -0.39 is 0 Å². The molecule has 0 bridgehead atoms. The van der Waals surface area contributed by atoms with Crippen molar-refractivity contribution in [2.24, 2.45) is 0 Å². The standard InChI is InChI=1S/C15H15NOS/c1-9(17)14-16-13-10-6-4-5-7-11(10)15(2,3)8-12(13)18-14/h4-7H,8H2,1-3H3. The van der Waals surface area contributed by atoms with E-state index in [2.05, 4.69) is 37.0 Å². The van der Waals surface area contributed by atoms with Crippen LogP contribution in [0.3, 0.4) is 0 Å². The molecule has 0 saturated heterocycles. The van der Waals surface area contributed by atoms with Crippen molar-refractivity contribution in [3.05, 3.63) is 39.7 Å². The van der Waals surface area contributed by atoms with Crippen molar-refractivity contribution in [2.45, 2.75) is 32.6 Å². The number of hydrogen-bond acceptors (Lipinski definition) is 3. The molecule has 1 aromatic heterocycles. The highest BCUT2D eigenvalue weighted by Crippen LogP contribution is 2.44. The SMILES string of the molecule is CC(=O)c1nc2c(s1)CC(C)(C)c1ccccc1-2. The molecular formula is C15H15NOS. The topological polar surface area (TPSA) is 30.0 Å². The Bertz CT molecular complexity index is 640. The van der Waals surface area contributed by atoms with Crippen LogP contribution in [-0.2, 0) is 11.8 Å². The van der Waals surface area contributed by atoms with Gasteiger partial charge in [-0.05, 0) is 17.4 Å². The molecule has 3 heteroatoms. The van der Waals surface area contributed by atoms with Gasteiger partial charge in [0.05, 0.1) is 5.69 Å². The molecule has 92 valence electrons. The summed E-state index contributed by atoms with van der Waals surface area (Å²) in [6.07, 6.45) is 0.963. The summed E-state index contributed by atoms with van der Waals surface area (Å²) in [6, 6.07) is 8.39. The van der Waals surface area contributed by atoms with Gasteiger partial charge in [0, 0.05) is 17.4 Å². The van der Waals surface area contributed by atoms with E-state index in [9.17, 15) is 4.79 Å². The summed E-state index contributed by atoms with van der Waals surface area (Å²) in [5.74, 6) is 0.0599. The first-order chi connectivity index (χ1) is 8.49. The Morgan fingerprint density at radius 3 is 2.78 bits per heavy atom. The first-order valence-corrected chi connectivity index (χ1v) is 6.91. The Kier molecular flexibility index (Phi) is 2.42. The minimum absolute atomic E-state index is 0.0599. The van der Waals surface area contributed by atoms with Gasteiger partial charge in [0.15, 0.2) is 10.8 Å². The number of ketones is 1. The smallest absolute Gasteiger partial charge is 0.188 e. The summed E-state index contributed by atoms with van der Waals surface area (Å²) in [4.78, 5) is 17.3. The van der Waals surface area contributed by atoms with E-state index in [0.717, 1.165) is 12.1 Å². The zero-order chi connectivity index (χ0) is 12.9. The minimum Gasteiger partial charge on any atom is -0.292 e. The number of carbonyl (C=O) groups excluding carboxylic acids is 1. The molecule has 0 N–H and O–H groups in total. The lowest BCUT2D eigenvalue weighted by Crippen LogP contribution is -2.24. The molecule has 0 amide bonds. The number of aromatic nitrogens is 1. The van der Waals surface area contributed by atoms with Gasteiger partial charge in [-0.1, -0.05) is 38.1 Å². The lowest BCUT2D eigenvalue weighted by Gasteiger charge is -2.31. The van der Waals surface area contributed by atoms with Gasteiger partial charge in [0.1, 0.15) is 0 Å². The van der Waals surface area contributed by atoms with Gasteiger partial charge >= 0.3 is 0 Å². The Morgan fingerprint density at radius 1 is 1.33 bits per heavy atom. The molecule has 1 aliphatic rings. The zero-order valence-corrected chi connectivity index (χ0v) is 11.6. The van der Waals surface area contributed by atoms with Crippen LogP contribution < -0.4 is 0 Å². The quantitative estimate of drug-likeness (QED) is 0.726. The molecule has 0 aliphatic heterocycles. The highest BCUT2D eigenvalue weighted by Gasteiger charge is 2.33. The number of nitrogens with zero attached hydrogens (tertiary/aromatic N) is 1. The monoisotopic (exact) mass is 257 g/mol. The molecule has 2 aromatic rings. The lowest BCUT2D eigenvalue weighted by atomic mass is 9.74. The number of fused-ring (bicyclic) bond motifs is 3. The fourth-order valence-corrected chi connectivity index (χ4v) is 3.81.